The van der Waals surface area contributed by atoms with Gasteiger partial charge in [0.15, 0.2) is 0 Å². The van der Waals surface area contributed by atoms with Gasteiger partial charge in [0.1, 0.15) is 10.5 Å². The summed E-state index contributed by atoms with van der Waals surface area (Å²) in [4.78, 5) is 22.2. The summed E-state index contributed by atoms with van der Waals surface area (Å²) >= 11 is 1.33. The van der Waals surface area contributed by atoms with E-state index in [1.807, 2.05) is 0 Å². The molecule has 1 aliphatic heterocycles. The average Bonchev–Trinajstić information content (AvgIpc) is 2.64. The second-order valence-corrected chi connectivity index (χ2v) is 4.15. The summed E-state index contributed by atoms with van der Waals surface area (Å²) in [6.45, 7) is 0. The van der Waals surface area contributed by atoms with Gasteiger partial charge < -0.3 is 9.47 Å². The van der Waals surface area contributed by atoms with E-state index >= 15 is 0 Å². The molecule has 2 atom stereocenters. The highest BCUT2D eigenvalue weighted by Crippen LogP contribution is 2.34. The number of carbonyl (C=O) groups excluding carboxylic acids is 2. The van der Waals surface area contributed by atoms with Crippen molar-refractivity contribution in [2.45, 2.75) is 23.3 Å². The molecule has 0 aromatic rings. The lowest BCUT2D eigenvalue weighted by atomic mass is 10.2. The van der Waals surface area contributed by atoms with Crippen molar-refractivity contribution in [1.82, 2.24) is 0 Å². The van der Waals surface area contributed by atoms with Crippen LogP contribution in [0.3, 0.4) is 0 Å². The highest BCUT2D eigenvalue weighted by molar-refractivity contribution is 8.02. The summed E-state index contributed by atoms with van der Waals surface area (Å²) in [6.07, 6.45) is 1.38. The maximum atomic E-state index is 11.1. The predicted molar refractivity (Wildman–Crippen MR) is 48.4 cm³/mol. The number of hydrogen-bond acceptors (Lipinski definition) is 5. The molecule has 0 spiro atoms. The van der Waals surface area contributed by atoms with Gasteiger partial charge in [-0.2, -0.15) is 0 Å². The normalized spacial score (nSPS) is 26.9. The number of carbonyl (C=O) groups is 2. The van der Waals surface area contributed by atoms with Crippen LogP contribution >= 0.6 is 11.8 Å². The Balaban J connectivity index is 2.44. The SMILES string of the molecule is COC(=O)[C@@H]1CC[C@H](C(=O)OC)S1. The Hall–Kier alpha value is -0.710. The molecule has 0 bridgehead atoms. The van der Waals surface area contributed by atoms with Crippen LogP contribution < -0.4 is 0 Å². The van der Waals surface area contributed by atoms with E-state index in [9.17, 15) is 9.59 Å². The van der Waals surface area contributed by atoms with Gasteiger partial charge in [0.2, 0.25) is 0 Å². The quantitative estimate of drug-likeness (QED) is 0.616. The van der Waals surface area contributed by atoms with Crippen LogP contribution in [0.25, 0.3) is 0 Å². The van der Waals surface area contributed by atoms with Crippen molar-refractivity contribution in [3.8, 4) is 0 Å². The van der Waals surface area contributed by atoms with Crippen LogP contribution in [0.5, 0.6) is 0 Å². The van der Waals surface area contributed by atoms with Crippen molar-refractivity contribution in [1.29, 1.82) is 0 Å². The number of hydrogen-bond donors (Lipinski definition) is 0. The fraction of sp³-hybridized carbons (Fsp3) is 0.750. The summed E-state index contributed by atoms with van der Waals surface area (Å²) in [5, 5.41) is -0.400. The lowest BCUT2D eigenvalue weighted by molar-refractivity contribution is -0.141. The topological polar surface area (TPSA) is 52.6 Å². The maximum absolute atomic E-state index is 11.1. The molecule has 1 aliphatic rings. The van der Waals surface area contributed by atoms with Crippen LogP contribution in [-0.2, 0) is 19.1 Å². The zero-order valence-corrected chi connectivity index (χ0v) is 8.43. The minimum atomic E-state index is -0.253. The molecule has 0 aromatic carbocycles. The first-order chi connectivity index (χ1) is 6.19. The minimum Gasteiger partial charge on any atom is -0.468 e. The Kier molecular flexibility index (Phi) is 3.59. The highest BCUT2D eigenvalue weighted by Gasteiger charge is 2.35. The van der Waals surface area contributed by atoms with Crippen LogP contribution in [0, 0.1) is 0 Å². The molecule has 0 saturated carbocycles. The van der Waals surface area contributed by atoms with E-state index in [1.165, 1.54) is 26.0 Å². The van der Waals surface area contributed by atoms with Gasteiger partial charge in [-0.25, -0.2) is 0 Å². The molecule has 0 unspecified atom stereocenters. The standard InChI is InChI=1S/C8H12O4S/c1-11-7(9)5-3-4-6(13-5)8(10)12-2/h5-6H,3-4H2,1-2H3/t5-,6+. The third kappa shape index (κ3) is 2.37. The average molecular weight is 204 g/mol. The summed E-state index contributed by atoms with van der Waals surface area (Å²) in [5.41, 5.74) is 0. The Morgan fingerprint density at radius 3 is 1.77 bits per heavy atom. The summed E-state index contributed by atoms with van der Waals surface area (Å²) in [6, 6.07) is 0. The molecular weight excluding hydrogens is 192 g/mol. The lowest BCUT2D eigenvalue weighted by Crippen LogP contribution is -2.18. The monoisotopic (exact) mass is 204 g/mol. The summed E-state index contributed by atoms with van der Waals surface area (Å²) < 4.78 is 9.17. The number of methoxy groups -OCH3 is 2. The van der Waals surface area contributed by atoms with E-state index in [4.69, 9.17) is 0 Å². The first-order valence-electron chi connectivity index (χ1n) is 4.00. The van der Waals surface area contributed by atoms with Gasteiger partial charge in [-0.15, -0.1) is 11.8 Å². The number of esters is 2. The van der Waals surface area contributed by atoms with Crippen LogP contribution in [0.4, 0.5) is 0 Å². The number of thioether (sulfide) groups is 1. The van der Waals surface area contributed by atoms with Gasteiger partial charge in [0.25, 0.3) is 0 Å². The first kappa shape index (κ1) is 10.4. The van der Waals surface area contributed by atoms with Gasteiger partial charge in [0.05, 0.1) is 14.2 Å². The largest absolute Gasteiger partial charge is 0.468 e. The summed E-state index contributed by atoms with van der Waals surface area (Å²) in [7, 11) is 2.71. The van der Waals surface area contributed by atoms with Crippen LogP contribution in [0.2, 0.25) is 0 Å². The second kappa shape index (κ2) is 4.50. The first-order valence-corrected chi connectivity index (χ1v) is 4.94. The molecule has 4 nitrogen and oxygen atoms in total. The van der Waals surface area contributed by atoms with Crippen molar-refractivity contribution in [3.05, 3.63) is 0 Å². The molecule has 1 rings (SSSR count). The van der Waals surface area contributed by atoms with E-state index in [0.29, 0.717) is 12.8 Å². The molecule has 1 fully saturated rings. The van der Waals surface area contributed by atoms with Crippen molar-refractivity contribution < 1.29 is 19.1 Å². The van der Waals surface area contributed by atoms with Crippen molar-refractivity contribution in [2.24, 2.45) is 0 Å². The molecule has 0 amide bonds. The Morgan fingerprint density at radius 1 is 1.08 bits per heavy atom. The van der Waals surface area contributed by atoms with Gasteiger partial charge in [0, 0.05) is 0 Å². The molecule has 0 N–H and O–H groups in total. The lowest BCUT2D eigenvalue weighted by Gasteiger charge is -2.07. The number of ether oxygens (including phenoxy) is 2. The number of rotatable bonds is 2. The van der Waals surface area contributed by atoms with E-state index in [-0.39, 0.29) is 22.4 Å². The van der Waals surface area contributed by atoms with E-state index in [2.05, 4.69) is 9.47 Å². The van der Waals surface area contributed by atoms with Crippen LogP contribution in [0.15, 0.2) is 0 Å². The van der Waals surface area contributed by atoms with Crippen molar-refractivity contribution in [3.63, 3.8) is 0 Å². The molecule has 0 radical (unpaired) electrons. The molecular formula is C8H12O4S. The highest BCUT2D eigenvalue weighted by atomic mass is 32.2. The van der Waals surface area contributed by atoms with E-state index in [0.717, 1.165) is 0 Å². The molecule has 0 aliphatic carbocycles. The van der Waals surface area contributed by atoms with Gasteiger partial charge >= 0.3 is 11.9 Å². The smallest absolute Gasteiger partial charge is 0.318 e. The van der Waals surface area contributed by atoms with Gasteiger partial charge in [-0.05, 0) is 12.8 Å². The van der Waals surface area contributed by atoms with Gasteiger partial charge in [-0.3, -0.25) is 9.59 Å². The zero-order chi connectivity index (χ0) is 9.84. The Labute approximate surface area is 81.0 Å². The van der Waals surface area contributed by atoms with Crippen LogP contribution in [0.1, 0.15) is 12.8 Å². The third-order valence-electron chi connectivity index (χ3n) is 1.95. The predicted octanol–water partition coefficient (Wildman–Crippen LogP) is 0.597. The van der Waals surface area contributed by atoms with E-state index in [1.54, 1.807) is 0 Å². The molecule has 1 saturated heterocycles. The Morgan fingerprint density at radius 2 is 1.46 bits per heavy atom. The molecule has 13 heavy (non-hydrogen) atoms. The van der Waals surface area contributed by atoms with Crippen molar-refractivity contribution in [2.75, 3.05) is 14.2 Å². The minimum absolute atomic E-state index is 0.200. The second-order valence-electron chi connectivity index (χ2n) is 2.74. The molecule has 1 heterocycles. The van der Waals surface area contributed by atoms with E-state index < -0.39 is 0 Å². The van der Waals surface area contributed by atoms with Crippen molar-refractivity contribution >= 4 is 23.7 Å². The van der Waals surface area contributed by atoms with Gasteiger partial charge in [-0.1, -0.05) is 0 Å². The molecule has 5 heteroatoms. The fourth-order valence-electron chi connectivity index (χ4n) is 1.25. The molecule has 0 aromatic heterocycles. The van der Waals surface area contributed by atoms with Crippen LogP contribution in [-0.4, -0.2) is 36.7 Å². The summed E-state index contributed by atoms with van der Waals surface area (Å²) in [5.74, 6) is -0.507. The fourth-order valence-corrected chi connectivity index (χ4v) is 2.60. The Bertz CT molecular complexity index is 194. The molecule has 74 valence electrons. The maximum Gasteiger partial charge on any atom is 0.318 e. The third-order valence-corrected chi connectivity index (χ3v) is 3.46. The zero-order valence-electron chi connectivity index (χ0n) is 7.61.